The lowest BCUT2D eigenvalue weighted by Gasteiger charge is -2.14. The smallest absolute Gasteiger partial charge is 0.303 e. The van der Waals surface area contributed by atoms with Gasteiger partial charge in [-0.05, 0) is 6.08 Å². The third-order valence-electron chi connectivity index (χ3n) is 1.99. The Bertz CT molecular complexity index is 238. The van der Waals surface area contributed by atoms with E-state index in [-0.39, 0.29) is 24.3 Å². The standard InChI is InChI=1S/C8H9IO3/c1-4(10)11-6-3-2-5(9)7-8(6)12-7/h2-3,5-8H,1H3. The van der Waals surface area contributed by atoms with Crippen molar-refractivity contribution < 1.29 is 14.3 Å². The van der Waals surface area contributed by atoms with Crippen molar-refractivity contribution in [3.8, 4) is 0 Å². The first kappa shape index (κ1) is 8.50. The van der Waals surface area contributed by atoms with Crippen molar-refractivity contribution in [3.63, 3.8) is 0 Å². The molecule has 1 aliphatic heterocycles. The first-order chi connectivity index (χ1) is 5.68. The molecule has 0 aromatic carbocycles. The maximum absolute atomic E-state index is 10.6. The number of carbonyl (C=O) groups is 1. The normalized spacial score (nSPS) is 43.5. The van der Waals surface area contributed by atoms with E-state index in [1.165, 1.54) is 6.92 Å². The average molecular weight is 280 g/mol. The lowest BCUT2D eigenvalue weighted by Crippen LogP contribution is -2.27. The Hall–Kier alpha value is -0.100. The zero-order chi connectivity index (χ0) is 8.72. The quantitative estimate of drug-likeness (QED) is 0.237. The van der Waals surface area contributed by atoms with Crippen molar-refractivity contribution in [3.05, 3.63) is 12.2 Å². The molecule has 3 nitrogen and oxygen atoms in total. The second kappa shape index (κ2) is 2.99. The molecule has 4 unspecified atom stereocenters. The summed E-state index contributed by atoms with van der Waals surface area (Å²) in [5, 5.41) is 0. The van der Waals surface area contributed by atoms with E-state index in [9.17, 15) is 4.79 Å². The highest BCUT2D eigenvalue weighted by atomic mass is 127. The van der Waals surface area contributed by atoms with Crippen LogP contribution in [0.1, 0.15) is 6.92 Å². The molecule has 0 bridgehead atoms. The van der Waals surface area contributed by atoms with E-state index in [0.29, 0.717) is 3.92 Å². The maximum Gasteiger partial charge on any atom is 0.303 e. The summed E-state index contributed by atoms with van der Waals surface area (Å²) in [7, 11) is 0. The van der Waals surface area contributed by atoms with Gasteiger partial charge in [0.2, 0.25) is 0 Å². The van der Waals surface area contributed by atoms with Gasteiger partial charge in [0.15, 0.2) is 0 Å². The molecule has 1 aliphatic carbocycles. The van der Waals surface area contributed by atoms with E-state index in [1.807, 2.05) is 12.2 Å². The first-order valence-electron chi connectivity index (χ1n) is 3.83. The molecule has 0 N–H and O–H groups in total. The molecule has 4 heteroatoms. The molecule has 0 amide bonds. The fourth-order valence-corrected chi connectivity index (χ4v) is 2.21. The molecule has 0 saturated carbocycles. The fourth-order valence-electron chi connectivity index (χ4n) is 1.39. The summed E-state index contributed by atoms with van der Waals surface area (Å²) in [6.45, 7) is 1.42. The molecule has 2 rings (SSSR count). The monoisotopic (exact) mass is 280 g/mol. The van der Waals surface area contributed by atoms with E-state index in [1.54, 1.807) is 0 Å². The minimum atomic E-state index is -0.245. The van der Waals surface area contributed by atoms with Gasteiger partial charge in [-0.2, -0.15) is 0 Å². The molecule has 66 valence electrons. The number of halogens is 1. The Balaban J connectivity index is 2.00. The Kier molecular flexibility index (Phi) is 2.12. The summed E-state index contributed by atoms with van der Waals surface area (Å²) < 4.78 is 10.8. The summed E-state index contributed by atoms with van der Waals surface area (Å²) in [5.74, 6) is -0.245. The molecular formula is C8H9IO3. The first-order valence-corrected chi connectivity index (χ1v) is 5.08. The number of rotatable bonds is 1. The van der Waals surface area contributed by atoms with Gasteiger partial charge in [-0.15, -0.1) is 0 Å². The van der Waals surface area contributed by atoms with Crippen LogP contribution in [0.25, 0.3) is 0 Å². The maximum atomic E-state index is 10.6. The van der Waals surface area contributed by atoms with Gasteiger partial charge in [0.25, 0.3) is 0 Å². The number of alkyl halides is 1. The van der Waals surface area contributed by atoms with Crippen LogP contribution in [0.2, 0.25) is 0 Å². The SMILES string of the molecule is CC(=O)OC1C=CC(I)C2OC12. The molecule has 0 aromatic rings. The summed E-state index contributed by atoms with van der Waals surface area (Å²) in [6.07, 6.45) is 4.16. The predicted molar refractivity (Wildman–Crippen MR) is 51.2 cm³/mol. The van der Waals surface area contributed by atoms with Crippen LogP contribution in [-0.4, -0.2) is 28.2 Å². The highest BCUT2D eigenvalue weighted by molar-refractivity contribution is 14.1. The zero-order valence-electron chi connectivity index (χ0n) is 6.57. The lowest BCUT2D eigenvalue weighted by atomic mass is 10.1. The van der Waals surface area contributed by atoms with Crippen molar-refractivity contribution in [2.45, 2.75) is 29.2 Å². The second-order valence-electron chi connectivity index (χ2n) is 2.97. The Morgan fingerprint density at radius 2 is 2.25 bits per heavy atom. The molecule has 1 heterocycles. The minimum absolute atomic E-state index is 0.112. The minimum Gasteiger partial charge on any atom is -0.455 e. The van der Waals surface area contributed by atoms with Gasteiger partial charge in [-0.3, -0.25) is 4.79 Å². The molecule has 0 spiro atoms. The third-order valence-corrected chi connectivity index (χ3v) is 3.11. The van der Waals surface area contributed by atoms with E-state index >= 15 is 0 Å². The van der Waals surface area contributed by atoms with E-state index < -0.39 is 0 Å². The van der Waals surface area contributed by atoms with Crippen LogP contribution < -0.4 is 0 Å². The summed E-state index contributed by atoms with van der Waals surface area (Å²) in [4.78, 5) is 10.6. The van der Waals surface area contributed by atoms with Gasteiger partial charge < -0.3 is 9.47 Å². The number of ether oxygens (including phenoxy) is 2. The van der Waals surface area contributed by atoms with Gasteiger partial charge in [-0.1, -0.05) is 28.7 Å². The summed E-state index contributed by atoms with van der Waals surface area (Å²) in [6, 6.07) is 0. The Morgan fingerprint density at radius 1 is 1.50 bits per heavy atom. The van der Waals surface area contributed by atoms with E-state index in [4.69, 9.17) is 9.47 Å². The lowest BCUT2D eigenvalue weighted by molar-refractivity contribution is -0.144. The Morgan fingerprint density at radius 3 is 2.92 bits per heavy atom. The molecule has 12 heavy (non-hydrogen) atoms. The number of esters is 1. The predicted octanol–water partition coefficient (Wildman–Crippen LogP) is 1.06. The molecule has 2 aliphatic rings. The van der Waals surface area contributed by atoms with Crippen molar-refractivity contribution in [1.82, 2.24) is 0 Å². The topological polar surface area (TPSA) is 38.8 Å². The van der Waals surface area contributed by atoms with Crippen molar-refractivity contribution in [1.29, 1.82) is 0 Å². The van der Waals surface area contributed by atoms with Crippen LogP contribution in [0, 0.1) is 0 Å². The molecule has 1 fully saturated rings. The summed E-state index contributed by atoms with van der Waals surface area (Å²) >= 11 is 2.32. The average Bonchev–Trinajstić information content (AvgIpc) is 2.73. The third kappa shape index (κ3) is 1.50. The highest BCUT2D eigenvalue weighted by Crippen LogP contribution is 2.38. The van der Waals surface area contributed by atoms with Gasteiger partial charge in [0, 0.05) is 6.92 Å². The van der Waals surface area contributed by atoms with Gasteiger partial charge in [-0.25, -0.2) is 0 Å². The van der Waals surface area contributed by atoms with Crippen LogP contribution in [0.3, 0.4) is 0 Å². The van der Waals surface area contributed by atoms with E-state index in [0.717, 1.165) is 0 Å². The van der Waals surface area contributed by atoms with Crippen LogP contribution in [0.15, 0.2) is 12.2 Å². The number of carbonyl (C=O) groups excluding carboxylic acids is 1. The van der Waals surface area contributed by atoms with Crippen molar-refractivity contribution in [2.24, 2.45) is 0 Å². The van der Waals surface area contributed by atoms with Gasteiger partial charge in [0.1, 0.15) is 18.3 Å². The number of epoxide rings is 1. The molecular weight excluding hydrogens is 271 g/mol. The zero-order valence-corrected chi connectivity index (χ0v) is 8.72. The van der Waals surface area contributed by atoms with Crippen LogP contribution >= 0.6 is 22.6 Å². The second-order valence-corrected chi connectivity index (χ2v) is 4.41. The summed E-state index contributed by atoms with van der Waals surface area (Å²) in [5.41, 5.74) is 0. The number of fused-ring (bicyclic) bond motifs is 1. The largest absolute Gasteiger partial charge is 0.455 e. The van der Waals surface area contributed by atoms with Crippen LogP contribution in [0.5, 0.6) is 0 Å². The molecule has 0 aromatic heterocycles. The molecule has 4 atom stereocenters. The molecule has 0 radical (unpaired) electrons. The van der Waals surface area contributed by atoms with Crippen LogP contribution in [0.4, 0.5) is 0 Å². The van der Waals surface area contributed by atoms with Crippen LogP contribution in [-0.2, 0) is 14.3 Å². The van der Waals surface area contributed by atoms with E-state index in [2.05, 4.69) is 22.6 Å². The van der Waals surface area contributed by atoms with Gasteiger partial charge in [0.05, 0.1) is 3.92 Å². The van der Waals surface area contributed by atoms with Gasteiger partial charge >= 0.3 is 5.97 Å². The fraction of sp³-hybridized carbons (Fsp3) is 0.625. The Labute approximate surface area is 84.2 Å². The molecule has 1 saturated heterocycles. The van der Waals surface area contributed by atoms with Crippen molar-refractivity contribution in [2.75, 3.05) is 0 Å². The number of hydrogen-bond donors (Lipinski definition) is 0. The van der Waals surface area contributed by atoms with Crippen molar-refractivity contribution >= 4 is 28.6 Å². The highest BCUT2D eigenvalue weighted by Gasteiger charge is 2.51. The number of hydrogen-bond acceptors (Lipinski definition) is 3.